The standard InChI is InChI=1S/C16H17NO3/c18-10-4-3-9-8-11-16(19)5-1-2-12-15(16,6-7-17-11)13(9)14(10)20-12/h2-4,11,17-19H,1,5-8H2. The minimum atomic E-state index is -0.790. The Morgan fingerprint density at radius 2 is 2.20 bits per heavy atom. The first-order valence-electron chi connectivity index (χ1n) is 7.36. The number of hydrogen-bond acceptors (Lipinski definition) is 4. The molecule has 4 aliphatic rings. The molecule has 4 heteroatoms. The molecule has 0 radical (unpaired) electrons. The van der Waals surface area contributed by atoms with Crippen LogP contribution in [-0.2, 0) is 11.8 Å². The van der Waals surface area contributed by atoms with Crippen molar-refractivity contribution in [2.75, 3.05) is 6.54 Å². The van der Waals surface area contributed by atoms with Crippen LogP contribution in [0.3, 0.4) is 0 Å². The number of aromatic hydroxyl groups is 1. The second kappa shape index (κ2) is 3.21. The van der Waals surface area contributed by atoms with Gasteiger partial charge < -0.3 is 20.3 Å². The largest absolute Gasteiger partial charge is 0.504 e. The maximum absolute atomic E-state index is 11.4. The fourth-order valence-electron chi connectivity index (χ4n) is 4.96. The summed E-state index contributed by atoms with van der Waals surface area (Å²) in [4.78, 5) is 0. The number of phenols is 1. The van der Waals surface area contributed by atoms with Gasteiger partial charge in [0.15, 0.2) is 11.5 Å². The van der Waals surface area contributed by atoms with Crippen LogP contribution >= 0.6 is 0 Å². The van der Waals surface area contributed by atoms with Gasteiger partial charge in [-0.25, -0.2) is 0 Å². The molecule has 2 heterocycles. The zero-order chi connectivity index (χ0) is 13.5. The molecule has 4 nitrogen and oxygen atoms in total. The summed E-state index contributed by atoms with van der Waals surface area (Å²) < 4.78 is 6.00. The van der Waals surface area contributed by atoms with E-state index in [4.69, 9.17) is 4.74 Å². The number of rotatable bonds is 0. The zero-order valence-electron chi connectivity index (χ0n) is 11.1. The van der Waals surface area contributed by atoms with Crippen molar-refractivity contribution >= 4 is 0 Å². The van der Waals surface area contributed by atoms with Crippen molar-refractivity contribution in [2.24, 2.45) is 0 Å². The van der Waals surface area contributed by atoms with E-state index in [1.165, 1.54) is 5.56 Å². The molecule has 1 saturated heterocycles. The predicted molar refractivity (Wildman–Crippen MR) is 72.8 cm³/mol. The third-order valence-corrected chi connectivity index (χ3v) is 5.77. The Bertz CT molecular complexity index is 668. The molecule has 0 amide bonds. The van der Waals surface area contributed by atoms with E-state index >= 15 is 0 Å². The highest BCUT2D eigenvalue weighted by Crippen LogP contribution is 2.64. The van der Waals surface area contributed by atoms with Gasteiger partial charge in [0, 0.05) is 11.6 Å². The summed E-state index contributed by atoms with van der Waals surface area (Å²) in [5.41, 5.74) is 1.01. The maximum atomic E-state index is 11.4. The summed E-state index contributed by atoms with van der Waals surface area (Å²) in [6, 6.07) is 3.77. The summed E-state index contributed by atoms with van der Waals surface area (Å²) in [6.07, 6.45) is 5.32. The number of benzene rings is 1. The van der Waals surface area contributed by atoms with Crippen LogP contribution in [0.4, 0.5) is 0 Å². The molecule has 0 aromatic heterocycles. The highest BCUT2D eigenvalue weighted by atomic mass is 16.5. The van der Waals surface area contributed by atoms with E-state index in [2.05, 4.69) is 11.4 Å². The van der Waals surface area contributed by atoms with Crippen LogP contribution in [0.1, 0.15) is 30.4 Å². The molecule has 1 aromatic carbocycles. The molecule has 3 N–H and O–H groups in total. The van der Waals surface area contributed by atoms with Gasteiger partial charge >= 0.3 is 0 Å². The van der Waals surface area contributed by atoms with E-state index in [0.29, 0.717) is 5.75 Å². The monoisotopic (exact) mass is 271 g/mol. The van der Waals surface area contributed by atoms with Crippen LogP contribution in [-0.4, -0.2) is 28.4 Å². The van der Waals surface area contributed by atoms with Crippen LogP contribution < -0.4 is 10.1 Å². The molecule has 1 spiro atoms. The van der Waals surface area contributed by atoms with Crippen LogP contribution in [0.25, 0.3) is 0 Å². The Balaban J connectivity index is 1.93. The van der Waals surface area contributed by atoms with Crippen molar-refractivity contribution in [3.8, 4) is 11.5 Å². The van der Waals surface area contributed by atoms with Crippen LogP contribution in [0.2, 0.25) is 0 Å². The molecule has 104 valence electrons. The van der Waals surface area contributed by atoms with Crippen molar-refractivity contribution in [1.82, 2.24) is 5.32 Å². The van der Waals surface area contributed by atoms with Gasteiger partial charge in [0.1, 0.15) is 5.76 Å². The van der Waals surface area contributed by atoms with Gasteiger partial charge in [0.2, 0.25) is 0 Å². The number of nitrogens with one attached hydrogen (secondary N) is 1. The lowest BCUT2D eigenvalue weighted by Gasteiger charge is -2.57. The van der Waals surface area contributed by atoms with E-state index < -0.39 is 11.0 Å². The molecule has 2 aliphatic heterocycles. The first-order valence-corrected chi connectivity index (χ1v) is 7.36. The average molecular weight is 271 g/mol. The lowest BCUT2D eigenvalue weighted by Crippen LogP contribution is -2.71. The van der Waals surface area contributed by atoms with Crippen molar-refractivity contribution in [1.29, 1.82) is 0 Å². The predicted octanol–water partition coefficient (Wildman–Crippen LogP) is 1.35. The van der Waals surface area contributed by atoms with Gasteiger partial charge in [0.25, 0.3) is 0 Å². The maximum Gasteiger partial charge on any atom is 0.173 e. The highest BCUT2D eigenvalue weighted by Gasteiger charge is 2.67. The molecule has 5 rings (SSSR count). The van der Waals surface area contributed by atoms with E-state index in [1.54, 1.807) is 6.07 Å². The number of allylic oxidation sites excluding steroid dienone is 1. The number of ether oxygens (including phenoxy) is 1. The lowest BCUT2D eigenvalue weighted by atomic mass is 9.52. The first kappa shape index (κ1) is 11.2. The van der Waals surface area contributed by atoms with Crippen LogP contribution in [0, 0.1) is 0 Å². The van der Waals surface area contributed by atoms with Crippen molar-refractivity contribution in [3.05, 3.63) is 35.1 Å². The van der Waals surface area contributed by atoms with E-state index in [0.717, 1.165) is 43.6 Å². The molecule has 20 heavy (non-hydrogen) atoms. The average Bonchev–Trinajstić information content (AvgIpc) is 2.75. The molecule has 1 aromatic rings. The van der Waals surface area contributed by atoms with E-state index in [1.807, 2.05) is 6.07 Å². The Morgan fingerprint density at radius 1 is 1.30 bits per heavy atom. The van der Waals surface area contributed by atoms with E-state index in [9.17, 15) is 10.2 Å². The first-order chi connectivity index (χ1) is 9.67. The van der Waals surface area contributed by atoms with Crippen LogP contribution in [0.5, 0.6) is 11.5 Å². The third kappa shape index (κ3) is 0.950. The molecular formula is C16H17NO3. The minimum Gasteiger partial charge on any atom is -0.504 e. The van der Waals surface area contributed by atoms with Crippen molar-refractivity contribution < 1.29 is 14.9 Å². The fourth-order valence-corrected chi connectivity index (χ4v) is 4.96. The van der Waals surface area contributed by atoms with Gasteiger partial charge in [-0.1, -0.05) is 6.07 Å². The summed E-state index contributed by atoms with van der Waals surface area (Å²) in [5.74, 6) is 1.62. The van der Waals surface area contributed by atoms with Gasteiger partial charge in [-0.2, -0.15) is 0 Å². The SMILES string of the molecule is Oc1ccc2c3c1OC1=CCCC4(O)C(C2)NCCC134. The van der Waals surface area contributed by atoms with Crippen LogP contribution in [0.15, 0.2) is 24.0 Å². The molecule has 2 aliphatic carbocycles. The molecule has 3 atom stereocenters. The topological polar surface area (TPSA) is 61.7 Å². The summed E-state index contributed by atoms with van der Waals surface area (Å²) in [7, 11) is 0. The van der Waals surface area contributed by atoms with Crippen molar-refractivity contribution in [3.63, 3.8) is 0 Å². The Kier molecular flexibility index (Phi) is 1.79. The van der Waals surface area contributed by atoms with Gasteiger partial charge in [-0.3, -0.25) is 0 Å². The summed E-state index contributed by atoms with van der Waals surface area (Å²) >= 11 is 0. The Labute approximate surface area is 117 Å². The van der Waals surface area contributed by atoms with Gasteiger partial charge in [-0.05, 0) is 49.9 Å². The second-order valence-corrected chi connectivity index (χ2v) is 6.45. The van der Waals surface area contributed by atoms with E-state index in [-0.39, 0.29) is 11.8 Å². The fraction of sp³-hybridized carbons (Fsp3) is 0.500. The molecule has 2 bridgehead atoms. The highest BCUT2D eigenvalue weighted by molar-refractivity contribution is 5.65. The van der Waals surface area contributed by atoms with Gasteiger partial charge in [0.05, 0.1) is 11.0 Å². The number of hydrogen-bond donors (Lipinski definition) is 3. The molecular weight excluding hydrogens is 254 g/mol. The second-order valence-electron chi connectivity index (χ2n) is 6.45. The summed E-state index contributed by atoms with van der Waals surface area (Å²) in [6.45, 7) is 0.877. The molecule has 1 fully saturated rings. The normalized spacial score (nSPS) is 39.9. The zero-order valence-corrected chi connectivity index (χ0v) is 11.1. The Hall–Kier alpha value is -1.52. The quantitative estimate of drug-likeness (QED) is 0.666. The Morgan fingerprint density at radius 3 is 3.10 bits per heavy atom. The third-order valence-electron chi connectivity index (χ3n) is 5.77. The number of aliphatic hydroxyl groups is 1. The smallest absolute Gasteiger partial charge is 0.173 e. The minimum absolute atomic E-state index is 0.0755. The number of piperidine rings is 1. The van der Waals surface area contributed by atoms with Crippen molar-refractivity contribution in [2.45, 2.75) is 42.7 Å². The summed E-state index contributed by atoms with van der Waals surface area (Å²) in [5, 5.41) is 25.1. The lowest BCUT2D eigenvalue weighted by molar-refractivity contribution is -0.0990. The van der Waals surface area contributed by atoms with Gasteiger partial charge in [-0.15, -0.1) is 0 Å². The molecule has 3 unspecified atom stereocenters. The number of phenolic OH excluding ortho intramolecular Hbond substituents is 1. The molecule has 0 saturated carbocycles.